The van der Waals surface area contributed by atoms with Crippen molar-refractivity contribution < 1.29 is 19.0 Å². The van der Waals surface area contributed by atoms with E-state index in [0.717, 1.165) is 6.92 Å². The van der Waals surface area contributed by atoms with Crippen molar-refractivity contribution in [2.24, 2.45) is 0 Å². The molecular weight excluding hydrogens is 118 g/mol. The van der Waals surface area contributed by atoms with Gasteiger partial charge in [-0.05, 0) is 6.92 Å². The highest BCUT2D eigenvalue weighted by Gasteiger charge is 2.30. The summed E-state index contributed by atoms with van der Waals surface area (Å²) in [4.78, 5) is 0. The van der Waals surface area contributed by atoms with Crippen molar-refractivity contribution in [2.45, 2.75) is 19.0 Å². The van der Waals surface area contributed by atoms with Gasteiger partial charge in [-0.25, -0.2) is 8.78 Å². The molecule has 0 saturated heterocycles. The van der Waals surface area contributed by atoms with Gasteiger partial charge in [0.2, 0.25) is 0 Å². The first-order chi connectivity index (χ1) is 3.50. The van der Waals surface area contributed by atoms with Gasteiger partial charge in [0.05, 0.1) is 6.61 Å². The molecular formula is C4H8F2O2. The molecule has 0 spiro atoms. The van der Waals surface area contributed by atoms with E-state index < -0.39 is 18.6 Å². The monoisotopic (exact) mass is 126 g/mol. The molecule has 0 radical (unpaired) electrons. The van der Waals surface area contributed by atoms with E-state index in [2.05, 4.69) is 0 Å². The first-order valence-corrected chi connectivity index (χ1v) is 2.12. The zero-order valence-electron chi connectivity index (χ0n) is 4.43. The standard InChI is InChI=1S/C4H8F2O2/c1-4(8,2-7)3(5)6/h3,7-8H,2H2,1H3. The Morgan fingerprint density at radius 1 is 1.62 bits per heavy atom. The van der Waals surface area contributed by atoms with E-state index in [9.17, 15) is 8.78 Å². The third-order valence-corrected chi connectivity index (χ3v) is 0.790. The molecule has 0 heterocycles. The molecule has 0 aromatic heterocycles. The third kappa shape index (κ3) is 1.71. The second-order valence-electron chi connectivity index (χ2n) is 1.82. The van der Waals surface area contributed by atoms with Crippen LogP contribution >= 0.6 is 0 Å². The molecule has 2 N–H and O–H groups in total. The summed E-state index contributed by atoms with van der Waals surface area (Å²) < 4.78 is 22.8. The van der Waals surface area contributed by atoms with Gasteiger partial charge in [0.25, 0.3) is 6.43 Å². The highest BCUT2D eigenvalue weighted by Crippen LogP contribution is 2.12. The lowest BCUT2D eigenvalue weighted by molar-refractivity contribution is -0.110. The maximum absolute atomic E-state index is 11.4. The topological polar surface area (TPSA) is 40.5 Å². The first kappa shape index (κ1) is 7.78. The molecule has 0 saturated carbocycles. The van der Waals surface area contributed by atoms with Gasteiger partial charge < -0.3 is 10.2 Å². The Morgan fingerprint density at radius 2 is 2.00 bits per heavy atom. The third-order valence-electron chi connectivity index (χ3n) is 0.790. The maximum Gasteiger partial charge on any atom is 0.268 e. The van der Waals surface area contributed by atoms with Crippen LogP contribution in [0.4, 0.5) is 8.78 Å². The fourth-order valence-electron chi connectivity index (χ4n) is 0.0690. The van der Waals surface area contributed by atoms with Crippen LogP contribution in [-0.2, 0) is 0 Å². The Bertz CT molecular complexity index is 72.4. The van der Waals surface area contributed by atoms with Crippen LogP contribution in [0.1, 0.15) is 6.92 Å². The lowest BCUT2D eigenvalue weighted by Gasteiger charge is -2.17. The molecule has 0 fully saturated rings. The number of aliphatic hydroxyl groups is 2. The largest absolute Gasteiger partial charge is 0.393 e. The zero-order chi connectivity index (χ0) is 6.78. The van der Waals surface area contributed by atoms with Crippen LogP contribution in [0.3, 0.4) is 0 Å². The lowest BCUT2D eigenvalue weighted by Crippen LogP contribution is -2.37. The van der Waals surface area contributed by atoms with Crippen LogP contribution in [0.25, 0.3) is 0 Å². The van der Waals surface area contributed by atoms with E-state index in [0.29, 0.717) is 0 Å². The van der Waals surface area contributed by atoms with E-state index in [1.165, 1.54) is 0 Å². The van der Waals surface area contributed by atoms with E-state index >= 15 is 0 Å². The Hall–Kier alpha value is -0.220. The number of hydrogen-bond acceptors (Lipinski definition) is 2. The Labute approximate surface area is 45.8 Å². The molecule has 1 unspecified atom stereocenters. The van der Waals surface area contributed by atoms with Gasteiger partial charge >= 0.3 is 0 Å². The van der Waals surface area contributed by atoms with Gasteiger partial charge in [0.1, 0.15) is 5.60 Å². The van der Waals surface area contributed by atoms with E-state index in [1.807, 2.05) is 0 Å². The summed E-state index contributed by atoms with van der Waals surface area (Å²) in [5, 5.41) is 16.4. The van der Waals surface area contributed by atoms with Gasteiger partial charge in [-0.1, -0.05) is 0 Å². The summed E-state index contributed by atoms with van der Waals surface area (Å²) >= 11 is 0. The van der Waals surface area contributed by atoms with Gasteiger partial charge in [0.15, 0.2) is 0 Å². The van der Waals surface area contributed by atoms with Crippen molar-refractivity contribution in [1.29, 1.82) is 0 Å². The zero-order valence-corrected chi connectivity index (χ0v) is 4.43. The quantitative estimate of drug-likeness (QED) is 0.546. The summed E-state index contributed by atoms with van der Waals surface area (Å²) in [6.45, 7) is -0.0394. The molecule has 2 nitrogen and oxygen atoms in total. The first-order valence-electron chi connectivity index (χ1n) is 2.12. The minimum atomic E-state index is -2.88. The van der Waals surface area contributed by atoms with Crippen molar-refractivity contribution >= 4 is 0 Å². The fraction of sp³-hybridized carbons (Fsp3) is 1.00. The van der Waals surface area contributed by atoms with Gasteiger partial charge in [-0.15, -0.1) is 0 Å². The minimum Gasteiger partial charge on any atom is -0.393 e. The molecule has 50 valence electrons. The molecule has 0 aromatic carbocycles. The van der Waals surface area contributed by atoms with Crippen molar-refractivity contribution in [3.8, 4) is 0 Å². The predicted octanol–water partition coefficient (Wildman–Crippen LogP) is -0.00520. The smallest absolute Gasteiger partial charge is 0.268 e. The predicted molar refractivity (Wildman–Crippen MR) is 23.7 cm³/mol. The van der Waals surface area contributed by atoms with Crippen LogP contribution in [-0.4, -0.2) is 28.8 Å². The molecule has 0 aliphatic rings. The molecule has 4 heteroatoms. The maximum atomic E-state index is 11.4. The van der Waals surface area contributed by atoms with Crippen molar-refractivity contribution in [2.75, 3.05) is 6.61 Å². The second kappa shape index (κ2) is 2.37. The number of halogens is 2. The molecule has 0 amide bonds. The number of alkyl halides is 2. The summed E-state index contributed by atoms with van der Waals surface area (Å²) in [6, 6.07) is 0. The molecule has 0 aliphatic heterocycles. The Morgan fingerprint density at radius 3 is 2.00 bits per heavy atom. The Balaban J connectivity index is 3.71. The van der Waals surface area contributed by atoms with Crippen LogP contribution in [0, 0.1) is 0 Å². The van der Waals surface area contributed by atoms with Gasteiger partial charge in [-0.3, -0.25) is 0 Å². The van der Waals surface area contributed by atoms with Crippen molar-refractivity contribution in [3.63, 3.8) is 0 Å². The highest BCUT2D eigenvalue weighted by atomic mass is 19.3. The van der Waals surface area contributed by atoms with Crippen LogP contribution in [0.15, 0.2) is 0 Å². The molecule has 8 heavy (non-hydrogen) atoms. The van der Waals surface area contributed by atoms with E-state index in [-0.39, 0.29) is 0 Å². The van der Waals surface area contributed by atoms with Crippen molar-refractivity contribution in [1.82, 2.24) is 0 Å². The normalized spacial score (nSPS) is 18.8. The summed E-state index contributed by atoms with van der Waals surface area (Å²) in [5.41, 5.74) is -2.24. The SMILES string of the molecule is CC(O)(CO)C(F)F. The number of aliphatic hydroxyl groups excluding tert-OH is 1. The lowest BCUT2D eigenvalue weighted by atomic mass is 10.1. The average molecular weight is 126 g/mol. The second-order valence-corrected chi connectivity index (χ2v) is 1.82. The fourth-order valence-corrected chi connectivity index (χ4v) is 0.0690. The van der Waals surface area contributed by atoms with E-state index in [1.54, 1.807) is 0 Å². The minimum absolute atomic E-state index is 0.873. The molecule has 1 atom stereocenters. The van der Waals surface area contributed by atoms with Crippen LogP contribution in [0.5, 0.6) is 0 Å². The molecule has 0 aromatic rings. The summed E-state index contributed by atoms with van der Waals surface area (Å²) in [5.74, 6) is 0. The molecule has 0 rings (SSSR count). The Kier molecular flexibility index (Phi) is 2.30. The molecule has 0 bridgehead atoms. The number of hydrogen-bond donors (Lipinski definition) is 2. The van der Waals surface area contributed by atoms with E-state index in [4.69, 9.17) is 10.2 Å². The molecule has 0 aliphatic carbocycles. The van der Waals surface area contributed by atoms with Crippen LogP contribution < -0.4 is 0 Å². The van der Waals surface area contributed by atoms with Gasteiger partial charge in [0, 0.05) is 0 Å². The van der Waals surface area contributed by atoms with Crippen molar-refractivity contribution in [3.05, 3.63) is 0 Å². The van der Waals surface area contributed by atoms with Gasteiger partial charge in [-0.2, -0.15) is 0 Å². The summed E-state index contributed by atoms with van der Waals surface area (Å²) in [6.07, 6.45) is -2.88. The number of rotatable bonds is 2. The summed E-state index contributed by atoms with van der Waals surface area (Å²) in [7, 11) is 0. The van der Waals surface area contributed by atoms with Crippen LogP contribution in [0.2, 0.25) is 0 Å². The highest BCUT2D eigenvalue weighted by molar-refractivity contribution is 4.72. The average Bonchev–Trinajstić information content (AvgIpc) is 1.67.